The number of ether oxygens (including phenoxy) is 1. The molecule has 0 saturated heterocycles. The Bertz CT molecular complexity index is 364. The first-order valence-electron chi connectivity index (χ1n) is 5.69. The third kappa shape index (κ3) is 3.98. The number of rotatable bonds is 6. The molecule has 4 heteroatoms. The summed E-state index contributed by atoms with van der Waals surface area (Å²) < 4.78 is 18.5. The first kappa shape index (κ1) is 13.9. The summed E-state index contributed by atoms with van der Waals surface area (Å²) in [7, 11) is 1.80. The van der Waals surface area contributed by atoms with Crippen LogP contribution in [0.3, 0.4) is 0 Å². The molecule has 1 atom stereocenters. The van der Waals surface area contributed by atoms with Gasteiger partial charge in [0.05, 0.1) is 13.2 Å². The largest absolute Gasteiger partial charge is 0.493 e. The number of benzene rings is 1. The third-order valence-electron chi connectivity index (χ3n) is 3.01. The summed E-state index contributed by atoms with van der Waals surface area (Å²) in [5.41, 5.74) is 0.544. The molecule has 2 N–H and O–H groups in total. The molecule has 0 aromatic heterocycles. The van der Waals surface area contributed by atoms with E-state index in [2.05, 4.69) is 5.32 Å². The minimum absolute atomic E-state index is 0.0367. The fourth-order valence-corrected chi connectivity index (χ4v) is 1.40. The van der Waals surface area contributed by atoms with Gasteiger partial charge >= 0.3 is 0 Å². The Morgan fingerprint density at radius 1 is 1.47 bits per heavy atom. The quantitative estimate of drug-likeness (QED) is 0.799. The SMILES string of the molecule is CNC(C)(CO)CCOc1cc(F)ccc1C. The first-order chi connectivity index (χ1) is 8.00. The highest BCUT2D eigenvalue weighted by Crippen LogP contribution is 2.19. The van der Waals surface area contributed by atoms with Gasteiger partial charge in [-0.05, 0) is 32.5 Å². The molecular formula is C13H20FNO2. The van der Waals surface area contributed by atoms with Crippen LogP contribution in [0.25, 0.3) is 0 Å². The lowest BCUT2D eigenvalue weighted by Gasteiger charge is -2.26. The van der Waals surface area contributed by atoms with Gasteiger partial charge < -0.3 is 15.2 Å². The van der Waals surface area contributed by atoms with Crippen LogP contribution in [0.1, 0.15) is 18.9 Å². The highest BCUT2D eigenvalue weighted by Gasteiger charge is 2.20. The lowest BCUT2D eigenvalue weighted by atomic mass is 10.0. The van der Waals surface area contributed by atoms with Gasteiger partial charge in [-0.15, -0.1) is 0 Å². The van der Waals surface area contributed by atoms with Crippen LogP contribution in [-0.2, 0) is 0 Å². The molecule has 0 aliphatic carbocycles. The zero-order valence-electron chi connectivity index (χ0n) is 10.6. The van der Waals surface area contributed by atoms with E-state index in [1.54, 1.807) is 13.1 Å². The lowest BCUT2D eigenvalue weighted by molar-refractivity contribution is 0.151. The third-order valence-corrected chi connectivity index (χ3v) is 3.01. The molecule has 96 valence electrons. The van der Waals surface area contributed by atoms with E-state index in [1.165, 1.54) is 12.1 Å². The molecule has 0 spiro atoms. The molecule has 1 unspecified atom stereocenters. The first-order valence-corrected chi connectivity index (χ1v) is 5.69. The Labute approximate surface area is 102 Å². The molecule has 0 aliphatic rings. The number of aliphatic hydroxyl groups excluding tert-OH is 1. The number of hydrogen-bond donors (Lipinski definition) is 2. The van der Waals surface area contributed by atoms with Crippen molar-refractivity contribution in [3.8, 4) is 5.75 Å². The number of hydrogen-bond acceptors (Lipinski definition) is 3. The summed E-state index contributed by atoms with van der Waals surface area (Å²) in [5, 5.41) is 12.2. The van der Waals surface area contributed by atoms with E-state index in [-0.39, 0.29) is 18.0 Å². The van der Waals surface area contributed by atoms with Crippen LogP contribution >= 0.6 is 0 Å². The van der Waals surface area contributed by atoms with Crippen LogP contribution < -0.4 is 10.1 Å². The molecule has 1 rings (SSSR count). The Morgan fingerprint density at radius 2 is 2.18 bits per heavy atom. The van der Waals surface area contributed by atoms with E-state index in [4.69, 9.17) is 4.74 Å². The van der Waals surface area contributed by atoms with Gasteiger partial charge in [0.2, 0.25) is 0 Å². The van der Waals surface area contributed by atoms with E-state index < -0.39 is 0 Å². The van der Waals surface area contributed by atoms with Crippen LogP contribution in [0.15, 0.2) is 18.2 Å². The minimum atomic E-state index is -0.360. The smallest absolute Gasteiger partial charge is 0.126 e. The van der Waals surface area contributed by atoms with E-state index in [9.17, 15) is 9.50 Å². The molecule has 1 aromatic carbocycles. The van der Waals surface area contributed by atoms with Gasteiger partial charge in [0.25, 0.3) is 0 Å². The summed E-state index contributed by atoms with van der Waals surface area (Å²) in [5.74, 6) is 0.255. The van der Waals surface area contributed by atoms with Gasteiger partial charge in [-0.1, -0.05) is 6.07 Å². The maximum atomic E-state index is 13.0. The topological polar surface area (TPSA) is 41.5 Å². The predicted octanol–water partition coefficient (Wildman–Crippen LogP) is 1.87. The molecule has 0 fully saturated rings. The van der Waals surface area contributed by atoms with E-state index in [0.29, 0.717) is 18.8 Å². The highest BCUT2D eigenvalue weighted by atomic mass is 19.1. The van der Waals surface area contributed by atoms with Crippen molar-refractivity contribution in [3.05, 3.63) is 29.6 Å². The zero-order valence-corrected chi connectivity index (χ0v) is 10.6. The van der Waals surface area contributed by atoms with Gasteiger partial charge in [0, 0.05) is 18.0 Å². The fourth-order valence-electron chi connectivity index (χ4n) is 1.40. The van der Waals surface area contributed by atoms with Gasteiger partial charge in [-0.2, -0.15) is 0 Å². The van der Waals surface area contributed by atoms with Crippen LogP contribution in [0.5, 0.6) is 5.75 Å². The maximum Gasteiger partial charge on any atom is 0.126 e. The van der Waals surface area contributed by atoms with Gasteiger partial charge in [0.1, 0.15) is 11.6 Å². The second kappa shape index (κ2) is 5.98. The summed E-state index contributed by atoms with van der Waals surface area (Å²) in [6, 6.07) is 4.48. The molecule has 3 nitrogen and oxygen atoms in total. The lowest BCUT2D eigenvalue weighted by Crippen LogP contribution is -2.44. The molecule has 1 aromatic rings. The number of aryl methyl sites for hydroxylation is 1. The van der Waals surface area contributed by atoms with Gasteiger partial charge in [0.15, 0.2) is 0 Å². The van der Waals surface area contributed by atoms with Crippen molar-refractivity contribution >= 4 is 0 Å². The molecule has 0 aliphatic heterocycles. The molecule has 0 saturated carbocycles. The molecule has 0 radical (unpaired) electrons. The molecular weight excluding hydrogens is 221 g/mol. The van der Waals surface area contributed by atoms with Crippen molar-refractivity contribution in [2.75, 3.05) is 20.3 Å². The molecule has 0 amide bonds. The number of likely N-dealkylation sites (N-methyl/N-ethyl adjacent to an activating group) is 1. The standard InChI is InChI=1S/C13H20FNO2/c1-10-4-5-11(14)8-12(10)17-7-6-13(2,9-16)15-3/h4-5,8,15-16H,6-7,9H2,1-3H3. The van der Waals surface area contributed by atoms with Crippen molar-refractivity contribution in [2.24, 2.45) is 0 Å². The minimum Gasteiger partial charge on any atom is -0.493 e. The molecule has 17 heavy (non-hydrogen) atoms. The second-order valence-corrected chi connectivity index (χ2v) is 4.48. The van der Waals surface area contributed by atoms with Crippen molar-refractivity contribution in [3.63, 3.8) is 0 Å². The van der Waals surface area contributed by atoms with Crippen LogP contribution in [0.4, 0.5) is 4.39 Å². The average Bonchev–Trinajstić information content (AvgIpc) is 2.33. The Hall–Kier alpha value is -1.13. The highest BCUT2D eigenvalue weighted by molar-refractivity contribution is 5.32. The monoisotopic (exact) mass is 241 g/mol. The van der Waals surface area contributed by atoms with E-state index >= 15 is 0 Å². The van der Waals surface area contributed by atoms with Crippen molar-refractivity contribution in [2.45, 2.75) is 25.8 Å². The van der Waals surface area contributed by atoms with Crippen LogP contribution in [-0.4, -0.2) is 30.9 Å². The summed E-state index contributed by atoms with van der Waals surface area (Å²) in [6.07, 6.45) is 0.649. The fraction of sp³-hybridized carbons (Fsp3) is 0.538. The van der Waals surface area contributed by atoms with Crippen LogP contribution in [0.2, 0.25) is 0 Å². The second-order valence-electron chi connectivity index (χ2n) is 4.48. The van der Waals surface area contributed by atoms with Gasteiger partial charge in [-0.3, -0.25) is 0 Å². The average molecular weight is 241 g/mol. The maximum absolute atomic E-state index is 13.0. The van der Waals surface area contributed by atoms with Crippen molar-refractivity contribution < 1.29 is 14.2 Å². The van der Waals surface area contributed by atoms with E-state index in [1.807, 2.05) is 13.8 Å². The van der Waals surface area contributed by atoms with Crippen molar-refractivity contribution in [1.82, 2.24) is 5.32 Å². The summed E-state index contributed by atoms with van der Waals surface area (Å²) >= 11 is 0. The molecule has 0 heterocycles. The Balaban J connectivity index is 2.53. The molecule has 0 bridgehead atoms. The Morgan fingerprint density at radius 3 is 2.76 bits per heavy atom. The van der Waals surface area contributed by atoms with E-state index in [0.717, 1.165) is 5.56 Å². The summed E-state index contributed by atoms with van der Waals surface area (Å²) in [6.45, 7) is 4.25. The zero-order chi connectivity index (χ0) is 12.9. The Kier molecular flexibility index (Phi) is 4.90. The summed E-state index contributed by atoms with van der Waals surface area (Å²) in [4.78, 5) is 0. The van der Waals surface area contributed by atoms with Crippen LogP contribution in [0, 0.1) is 12.7 Å². The predicted molar refractivity (Wildman–Crippen MR) is 65.8 cm³/mol. The van der Waals surface area contributed by atoms with Gasteiger partial charge in [-0.25, -0.2) is 4.39 Å². The normalized spacial score (nSPS) is 14.4. The number of nitrogens with one attached hydrogen (secondary N) is 1. The van der Waals surface area contributed by atoms with Crippen molar-refractivity contribution in [1.29, 1.82) is 0 Å². The number of halogens is 1. The number of aliphatic hydroxyl groups is 1.